The molecule has 2 aliphatic rings. The number of fused-ring (bicyclic) bond motifs is 4. The first kappa shape index (κ1) is 18.9. The summed E-state index contributed by atoms with van der Waals surface area (Å²) in [5, 5.41) is 3.72. The number of nitrogens with two attached hydrogens (primary N) is 1. The molecule has 0 saturated heterocycles. The summed E-state index contributed by atoms with van der Waals surface area (Å²) >= 11 is 0. The fourth-order valence-corrected chi connectivity index (χ4v) is 5.49. The number of anilines is 2. The summed E-state index contributed by atoms with van der Waals surface area (Å²) in [7, 11) is -3.87. The van der Waals surface area contributed by atoms with Gasteiger partial charge in [-0.1, -0.05) is 19.3 Å². The predicted octanol–water partition coefficient (Wildman–Crippen LogP) is 2.22. The zero-order chi connectivity index (χ0) is 20.9. The summed E-state index contributed by atoms with van der Waals surface area (Å²) < 4.78 is 29.9. The smallest absolute Gasteiger partial charge is 0.268 e. The molecule has 10 heteroatoms. The fraction of sp³-hybridized carbons (Fsp3) is 0.350. The molecule has 1 aromatic carbocycles. The lowest BCUT2D eigenvalue weighted by molar-refractivity contribution is 0.0833. The van der Waals surface area contributed by atoms with Crippen LogP contribution in [-0.4, -0.2) is 35.4 Å². The van der Waals surface area contributed by atoms with E-state index in [1.54, 1.807) is 12.3 Å². The van der Waals surface area contributed by atoms with E-state index in [2.05, 4.69) is 20.0 Å². The number of hydrogen-bond donors (Lipinski definition) is 3. The Labute approximate surface area is 173 Å². The molecule has 0 bridgehead atoms. The zero-order valence-electron chi connectivity index (χ0n) is 16.3. The van der Waals surface area contributed by atoms with Crippen LogP contribution < -0.4 is 15.8 Å². The molecule has 30 heavy (non-hydrogen) atoms. The average Bonchev–Trinajstić information content (AvgIpc) is 3.12. The average molecular weight is 427 g/mol. The monoisotopic (exact) mass is 426 g/mol. The lowest BCUT2D eigenvalue weighted by atomic mass is 9.80. The maximum absolute atomic E-state index is 12.7. The van der Waals surface area contributed by atoms with Crippen LogP contribution in [0.1, 0.15) is 42.6 Å². The van der Waals surface area contributed by atoms with Gasteiger partial charge in [0.1, 0.15) is 11.3 Å². The van der Waals surface area contributed by atoms with E-state index in [9.17, 15) is 13.2 Å². The van der Waals surface area contributed by atoms with Gasteiger partial charge in [-0.25, -0.2) is 18.1 Å². The SMILES string of the molecule is Nc1ccc(S(=O)(=O)Nc2ncc3cc4n(c3n2)C2(CCCCC2)CNC4=O)cc1. The molecular formula is C20H22N6O3S. The van der Waals surface area contributed by atoms with Gasteiger partial charge in [0.2, 0.25) is 5.95 Å². The van der Waals surface area contributed by atoms with Crippen LogP contribution >= 0.6 is 0 Å². The van der Waals surface area contributed by atoms with Crippen molar-refractivity contribution < 1.29 is 13.2 Å². The van der Waals surface area contributed by atoms with Crippen LogP contribution in [-0.2, 0) is 15.6 Å². The van der Waals surface area contributed by atoms with Crippen molar-refractivity contribution >= 4 is 38.6 Å². The van der Waals surface area contributed by atoms with E-state index in [0.29, 0.717) is 29.0 Å². The first-order valence-corrected chi connectivity index (χ1v) is 11.4. The van der Waals surface area contributed by atoms with Gasteiger partial charge in [0.15, 0.2) is 0 Å². The van der Waals surface area contributed by atoms with Crippen molar-refractivity contribution in [3.8, 4) is 0 Å². The van der Waals surface area contributed by atoms with Gasteiger partial charge in [-0.3, -0.25) is 4.79 Å². The highest BCUT2D eigenvalue weighted by Crippen LogP contribution is 2.40. The van der Waals surface area contributed by atoms with Crippen molar-refractivity contribution in [2.24, 2.45) is 0 Å². The molecule has 0 atom stereocenters. The Hall–Kier alpha value is -3.14. The Kier molecular flexibility index (Phi) is 4.21. The molecule has 3 heterocycles. The second-order valence-electron chi connectivity index (χ2n) is 7.98. The minimum Gasteiger partial charge on any atom is -0.399 e. The van der Waals surface area contributed by atoms with Crippen molar-refractivity contribution in [1.29, 1.82) is 0 Å². The number of carbonyl (C=O) groups is 1. The van der Waals surface area contributed by atoms with Gasteiger partial charge in [0, 0.05) is 23.8 Å². The van der Waals surface area contributed by atoms with Crippen LogP contribution in [0.15, 0.2) is 41.4 Å². The predicted molar refractivity (Wildman–Crippen MR) is 113 cm³/mol. The van der Waals surface area contributed by atoms with Gasteiger partial charge < -0.3 is 15.6 Å². The van der Waals surface area contributed by atoms with Crippen molar-refractivity contribution in [2.75, 3.05) is 17.0 Å². The highest BCUT2D eigenvalue weighted by molar-refractivity contribution is 7.92. The number of nitrogens with one attached hydrogen (secondary N) is 2. The number of nitrogens with zero attached hydrogens (tertiary/aromatic N) is 3. The minimum atomic E-state index is -3.87. The van der Waals surface area contributed by atoms with Crippen LogP contribution in [0.4, 0.5) is 11.6 Å². The molecule has 9 nitrogen and oxygen atoms in total. The van der Waals surface area contributed by atoms with Gasteiger partial charge in [-0.05, 0) is 43.2 Å². The minimum absolute atomic E-state index is 0.0304. The molecule has 1 fully saturated rings. The highest BCUT2D eigenvalue weighted by Gasteiger charge is 2.41. The van der Waals surface area contributed by atoms with Crippen LogP contribution in [0.25, 0.3) is 11.0 Å². The van der Waals surface area contributed by atoms with Crippen molar-refractivity contribution in [1.82, 2.24) is 19.9 Å². The van der Waals surface area contributed by atoms with Crippen LogP contribution in [0, 0.1) is 0 Å². The van der Waals surface area contributed by atoms with Crippen molar-refractivity contribution in [2.45, 2.75) is 42.5 Å². The molecule has 0 unspecified atom stereocenters. The van der Waals surface area contributed by atoms with Crippen LogP contribution in [0.5, 0.6) is 0 Å². The molecule has 3 aromatic rings. The van der Waals surface area contributed by atoms with E-state index in [1.165, 1.54) is 30.7 Å². The van der Waals surface area contributed by atoms with Gasteiger partial charge >= 0.3 is 0 Å². The first-order chi connectivity index (χ1) is 14.4. The number of rotatable bonds is 3. The molecule has 0 radical (unpaired) electrons. The number of hydrogen-bond acceptors (Lipinski definition) is 6. The maximum atomic E-state index is 12.7. The number of benzene rings is 1. The third-order valence-corrected chi connectivity index (χ3v) is 7.37. The number of aromatic nitrogens is 3. The van der Waals surface area contributed by atoms with E-state index in [0.717, 1.165) is 25.7 Å². The van der Waals surface area contributed by atoms with E-state index < -0.39 is 10.0 Å². The Morgan fingerprint density at radius 1 is 1.13 bits per heavy atom. The first-order valence-electron chi connectivity index (χ1n) is 9.94. The number of amides is 1. The van der Waals surface area contributed by atoms with Crippen molar-refractivity contribution in [3.05, 3.63) is 42.2 Å². The van der Waals surface area contributed by atoms with Gasteiger partial charge in [0.05, 0.1) is 10.4 Å². The molecule has 156 valence electrons. The second kappa shape index (κ2) is 6.69. The molecule has 5 rings (SSSR count). The Morgan fingerprint density at radius 2 is 1.87 bits per heavy atom. The Balaban J connectivity index is 1.59. The molecule has 1 saturated carbocycles. The number of carbonyl (C=O) groups excluding carboxylic acids is 1. The largest absolute Gasteiger partial charge is 0.399 e. The molecule has 1 spiro atoms. The highest BCUT2D eigenvalue weighted by atomic mass is 32.2. The molecule has 4 N–H and O–H groups in total. The molecule has 2 aromatic heterocycles. The summed E-state index contributed by atoms with van der Waals surface area (Å²) in [6.07, 6.45) is 6.78. The summed E-state index contributed by atoms with van der Waals surface area (Å²) in [6, 6.07) is 7.67. The number of nitrogen functional groups attached to an aromatic ring is 1. The quantitative estimate of drug-likeness (QED) is 0.550. The summed E-state index contributed by atoms with van der Waals surface area (Å²) in [6.45, 7) is 0.555. The Bertz CT molecular complexity index is 1240. The maximum Gasteiger partial charge on any atom is 0.268 e. The summed E-state index contributed by atoms with van der Waals surface area (Å²) in [5.41, 5.74) is 7.01. The Morgan fingerprint density at radius 3 is 2.60 bits per heavy atom. The van der Waals surface area contributed by atoms with E-state index in [-0.39, 0.29) is 22.3 Å². The zero-order valence-corrected chi connectivity index (χ0v) is 17.1. The summed E-state index contributed by atoms with van der Waals surface area (Å²) in [4.78, 5) is 21.3. The lowest BCUT2D eigenvalue weighted by Crippen LogP contribution is -2.52. The van der Waals surface area contributed by atoms with E-state index >= 15 is 0 Å². The molecule has 1 amide bonds. The normalized spacial score (nSPS) is 18.2. The third kappa shape index (κ3) is 2.98. The van der Waals surface area contributed by atoms with E-state index in [4.69, 9.17) is 5.73 Å². The fourth-order valence-electron chi connectivity index (χ4n) is 4.54. The molecule has 1 aliphatic heterocycles. The van der Waals surface area contributed by atoms with Gasteiger partial charge in [-0.15, -0.1) is 0 Å². The number of sulfonamides is 1. The van der Waals surface area contributed by atoms with E-state index in [1.807, 2.05) is 4.57 Å². The van der Waals surface area contributed by atoms with Crippen LogP contribution in [0.2, 0.25) is 0 Å². The summed E-state index contributed by atoms with van der Waals surface area (Å²) in [5.74, 6) is -0.176. The third-order valence-electron chi connectivity index (χ3n) is 6.03. The van der Waals surface area contributed by atoms with Crippen LogP contribution in [0.3, 0.4) is 0 Å². The lowest BCUT2D eigenvalue weighted by Gasteiger charge is -2.42. The molecule has 1 aliphatic carbocycles. The van der Waals surface area contributed by atoms with Gasteiger partial charge in [0.25, 0.3) is 15.9 Å². The molecular weight excluding hydrogens is 404 g/mol. The topological polar surface area (TPSA) is 132 Å². The second-order valence-corrected chi connectivity index (χ2v) is 9.66. The van der Waals surface area contributed by atoms with Gasteiger partial charge in [-0.2, -0.15) is 4.98 Å². The standard InChI is InChI=1S/C20H22N6O3S/c21-14-4-6-15(7-5-14)30(28,29)25-19-22-11-13-10-16-18(27)23-12-20(8-2-1-3-9-20)26(16)17(13)24-19/h4-7,10-11H,1-3,8-9,12,21H2,(H,23,27)(H,22,24,25). The van der Waals surface area contributed by atoms with Crippen molar-refractivity contribution in [3.63, 3.8) is 0 Å².